The number of hydrogen-bond donors (Lipinski definition) is 1. The van der Waals surface area contributed by atoms with Gasteiger partial charge in [0.2, 0.25) is 0 Å². The van der Waals surface area contributed by atoms with Crippen LogP contribution < -0.4 is 5.32 Å². The van der Waals surface area contributed by atoms with Gasteiger partial charge in [-0.05, 0) is 44.6 Å². The highest BCUT2D eigenvalue weighted by molar-refractivity contribution is 4.89. The molecule has 0 aromatic heterocycles. The second kappa shape index (κ2) is 11.4. The van der Waals surface area contributed by atoms with Gasteiger partial charge >= 0.3 is 0 Å². The van der Waals surface area contributed by atoms with Crippen molar-refractivity contribution in [3.63, 3.8) is 0 Å². The van der Waals surface area contributed by atoms with Crippen molar-refractivity contribution in [2.75, 3.05) is 46.6 Å². The summed E-state index contributed by atoms with van der Waals surface area (Å²) in [5, 5.41) is 3.49. The van der Waals surface area contributed by atoms with E-state index in [1.165, 1.54) is 32.1 Å². The largest absolute Gasteiger partial charge is 0.382 e. The molecule has 1 saturated carbocycles. The van der Waals surface area contributed by atoms with E-state index < -0.39 is 0 Å². The van der Waals surface area contributed by atoms with E-state index in [0.717, 1.165) is 38.6 Å². The lowest BCUT2D eigenvalue weighted by Gasteiger charge is -2.40. The SMILES string of the molecule is CCNCC1(OCCCOCCOC)CCC(CC)CC1. The highest BCUT2D eigenvalue weighted by Gasteiger charge is 2.35. The predicted molar refractivity (Wildman–Crippen MR) is 86.8 cm³/mol. The monoisotopic (exact) mass is 301 g/mol. The third kappa shape index (κ3) is 7.59. The molecule has 0 saturated heterocycles. The molecule has 0 aromatic rings. The lowest BCUT2D eigenvalue weighted by atomic mass is 9.77. The van der Waals surface area contributed by atoms with Crippen molar-refractivity contribution in [2.24, 2.45) is 5.92 Å². The minimum atomic E-state index is 0.0637. The molecule has 0 spiro atoms. The van der Waals surface area contributed by atoms with E-state index in [4.69, 9.17) is 14.2 Å². The van der Waals surface area contributed by atoms with Crippen LogP contribution in [0.1, 0.15) is 52.4 Å². The molecule has 0 amide bonds. The average Bonchev–Trinajstić information content (AvgIpc) is 2.53. The van der Waals surface area contributed by atoms with E-state index in [1.807, 2.05) is 0 Å². The van der Waals surface area contributed by atoms with Crippen LogP contribution in [0.2, 0.25) is 0 Å². The van der Waals surface area contributed by atoms with Gasteiger partial charge in [-0.2, -0.15) is 0 Å². The lowest BCUT2D eigenvalue weighted by molar-refractivity contribution is -0.0817. The highest BCUT2D eigenvalue weighted by atomic mass is 16.5. The first-order valence-electron chi connectivity index (χ1n) is 8.67. The van der Waals surface area contributed by atoms with Crippen molar-refractivity contribution < 1.29 is 14.2 Å². The van der Waals surface area contributed by atoms with Gasteiger partial charge in [0.15, 0.2) is 0 Å². The molecule has 0 heterocycles. The Bertz CT molecular complexity index is 240. The zero-order valence-electron chi connectivity index (χ0n) is 14.3. The van der Waals surface area contributed by atoms with Crippen LogP contribution in [0.5, 0.6) is 0 Å². The first kappa shape index (κ1) is 18.9. The topological polar surface area (TPSA) is 39.7 Å². The normalized spacial score (nSPS) is 26.1. The number of hydrogen-bond acceptors (Lipinski definition) is 4. The summed E-state index contributed by atoms with van der Waals surface area (Å²) >= 11 is 0. The number of ether oxygens (including phenoxy) is 3. The Morgan fingerprint density at radius 3 is 2.43 bits per heavy atom. The minimum absolute atomic E-state index is 0.0637. The minimum Gasteiger partial charge on any atom is -0.382 e. The summed E-state index contributed by atoms with van der Waals surface area (Å²) in [5.74, 6) is 0.903. The van der Waals surface area contributed by atoms with Crippen LogP contribution in [-0.4, -0.2) is 52.2 Å². The van der Waals surface area contributed by atoms with Gasteiger partial charge in [0, 0.05) is 26.9 Å². The van der Waals surface area contributed by atoms with Crippen molar-refractivity contribution in [1.82, 2.24) is 5.32 Å². The maximum atomic E-state index is 6.30. The number of nitrogens with one attached hydrogen (secondary N) is 1. The molecular formula is C17H35NO3. The second-order valence-corrected chi connectivity index (χ2v) is 6.12. The van der Waals surface area contributed by atoms with Crippen LogP contribution in [0.15, 0.2) is 0 Å². The molecule has 0 radical (unpaired) electrons. The van der Waals surface area contributed by atoms with Gasteiger partial charge in [-0.1, -0.05) is 20.3 Å². The molecule has 1 rings (SSSR count). The van der Waals surface area contributed by atoms with E-state index >= 15 is 0 Å². The highest BCUT2D eigenvalue weighted by Crippen LogP contribution is 2.36. The maximum absolute atomic E-state index is 6.30. The van der Waals surface area contributed by atoms with Crippen molar-refractivity contribution in [3.05, 3.63) is 0 Å². The Morgan fingerprint density at radius 1 is 1.05 bits per heavy atom. The molecule has 0 aliphatic heterocycles. The number of rotatable bonds is 12. The molecule has 0 unspecified atom stereocenters. The standard InChI is InChI=1S/C17H35NO3/c1-4-16-7-9-17(10-8-16,15-18-5-2)21-12-6-11-20-14-13-19-3/h16,18H,4-15H2,1-3H3. The van der Waals surface area contributed by atoms with Gasteiger partial charge in [0.05, 0.1) is 18.8 Å². The quantitative estimate of drug-likeness (QED) is 0.563. The van der Waals surface area contributed by atoms with Gasteiger partial charge in [-0.3, -0.25) is 0 Å². The molecular weight excluding hydrogens is 266 g/mol. The summed E-state index contributed by atoms with van der Waals surface area (Å²) in [6, 6.07) is 0. The Kier molecular flexibility index (Phi) is 10.3. The van der Waals surface area contributed by atoms with E-state index in [2.05, 4.69) is 19.2 Å². The van der Waals surface area contributed by atoms with Gasteiger partial charge in [-0.15, -0.1) is 0 Å². The Labute approximate surface area is 130 Å². The molecule has 0 bridgehead atoms. The fraction of sp³-hybridized carbons (Fsp3) is 1.00. The van der Waals surface area contributed by atoms with Gasteiger partial charge in [-0.25, -0.2) is 0 Å². The average molecular weight is 301 g/mol. The molecule has 0 atom stereocenters. The van der Waals surface area contributed by atoms with E-state index in [9.17, 15) is 0 Å². The van der Waals surface area contributed by atoms with E-state index in [-0.39, 0.29) is 5.60 Å². The molecule has 1 N–H and O–H groups in total. The second-order valence-electron chi connectivity index (χ2n) is 6.12. The number of methoxy groups -OCH3 is 1. The summed E-state index contributed by atoms with van der Waals surface area (Å²) in [5.41, 5.74) is 0.0637. The third-order valence-electron chi connectivity index (χ3n) is 4.56. The molecule has 4 nitrogen and oxygen atoms in total. The van der Waals surface area contributed by atoms with Crippen molar-refractivity contribution >= 4 is 0 Å². The first-order valence-corrected chi connectivity index (χ1v) is 8.67. The predicted octanol–water partition coefficient (Wildman–Crippen LogP) is 3.00. The van der Waals surface area contributed by atoms with Crippen LogP contribution >= 0.6 is 0 Å². The fourth-order valence-corrected chi connectivity index (χ4v) is 3.03. The summed E-state index contributed by atoms with van der Waals surface area (Å²) in [6.07, 6.45) is 7.30. The summed E-state index contributed by atoms with van der Waals surface area (Å²) in [4.78, 5) is 0. The van der Waals surface area contributed by atoms with Gasteiger partial charge in [0.25, 0.3) is 0 Å². The third-order valence-corrected chi connectivity index (χ3v) is 4.56. The van der Waals surface area contributed by atoms with Crippen LogP contribution in [0.25, 0.3) is 0 Å². The molecule has 4 heteroatoms. The smallest absolute Gasteiger partial charge is 0.0806 e. The molecule has 1 fully saturated rings. The summed E-state index contributed by atoms with van der Waals surface area (Å²) in [6.45, 7) is 9.39. The Morgan fingerprint density at radius 2 is 1.81 bits per heavy atom. The zero-order valence-corrected chi connectivity index (χ0v) is 14.3. The molecule has 1 aliphatic rings. The molecule has 21 heavy (non-hydrogen) atoms. The van der Waals surface area contributed by atoms with Gasteiger partial charge < -0.3 is 19.5 Å². The summed E-state index contributed by atoms with van der Waals surface area (Å²) in [7, 11) is 1.70. The maximum Gasteiger partial charge on any atom is 0.0806 e. The number of likely N-dealkylation sites (N-methyl/N-ethyl adjacent to an activating group) is 1. The Balaban J connectivity index is 2.23. The van der Waals surface area contributed by atoms with Crippen LogP contribution in [0, 0.1) is 5.92 Å². The van der Waals surface area contributed by atoms with E-state index in [0.29, 0.717) is 13.2 Å². The lowest BCUT2D eigenvalue weighted by Crippen LogP contribution is -2.46. The first-order chi connectivity index (χ1) is 10.3. The zero-order chi connectivity index (χ0) is 15.4. The van der Waals surface area contributed by atoms with Crippen LogP contribution in [0.4, 0.5) is 0 Å². The fourth-order valence-electron chi connectivity index (χ4n) is 3.03. The Hall–Kier alpha value is -0.160. The van der Waals surface area contributed by atoms with Crippen LogP contribution in [0.3, 0.4) is 0 Å². The molecule has 126 valence electrons. The molecule has 1 aliphatic carbocycles. The van der Waals surface area contributed by atoms with Crippen molar-refractivity contribution in [3.8, 4) is 0 Å². The molecule has 0 aromatic carbocycles. The van der Waals surface area contributed by atoms with Gasteiger partial charge in [0.1, 0.15) is 0 Å². The van der Waals surface area contributed by atoms with Crippen molar-refractivity contribution in [1.29, 1.82) is 0 Å². The van der Waals surface area contributed by atoms with Crippen LogP contribution in [-0.2, 0) is 14.2 Å². The van der Waals surface area contributed by atoms with Crippen molar-refractivity contribution in [2.45, 2.75) is 58.0 Å². The van der Waals surface area contributed by atoms with E-state index in [1.54, 1.807) is 7.11 Å². The summed E-state index contributed by atoms with van der Waals surface area (Å²) < 4.78 is 16.7.